The summed E-state index contributed by atoms with van der Waals surface area (Å²) in [6.07, 6.45) is 2.06. The molecule has 0 saturated heterocycles. The largest absolute Gasteiger partial charge is 0.311 e. The van der Waals surface area contributed by atoms with Crippen molar-refractivity contribution in [3.63, 3.8) is 0 Å². The molecule has 2 aliphatic rings. The number of imide groups is 1. The van der Waals surface area contributed by atoms with Crippen LogP contribution in [0.5, 0.6) is 0 Å². The van der Waals surface area contributed by atoms with E-state index in [2.05, 4.69) is 5.32 Å². The molecule has 114 valence electrons. The maximum atomic E-state index is 12.7. The molecule has 1 aromatic carbocycles. The number of rotatable bonds is 1. The molecule has 0 bridgehead atoms. The molecule has 5 heteroatoms. The lowest BCUT2D eigenvalue weighted by Crippen LogP contribution is -2.38. The fourth-order valence-electron chi connectivity index (χ4n) is 2.89. The number of nitrogens with zero attached hydrogens (tertiary/aromatic N) is 1. The first-order chi connectivity index (χ1) is 10.3. The zero-order valence-corrected chi connectivity index (χ0v) is 12.9. The fraction of sp³-hybridized carbons (Fsp3) is 0.353. The van der Waals surface area contributed by atoms with Gasteiger partial charge in [-0.25, -0.2) is 0 Å². The minimum atomic E-state index is -0.503. The van der Waals surface area contributed by atoms with Crippen molar-refractivity contribution >= 4 is 29.0 Å². The molecule has 5 nitrogen and oxygen atoms in total. The highest BCUT2D eigenvalue weighted by molar-refractivity contribution is 6.34. The molecule has 3 rings (SSSR count). The molecule has 0 radical (unpaired) electrons. The van der Waals surface area contributed by atoms with Crippen LogP contribution in [-0.2, 0) is 20.8 Å². The Morgan fingerprint density at radius 2 is 1.95 bits per heavy atom. The van der Waals surface area contributed by atoms with Crippen LogP contribution in [-0.4, -0.2) is 24.3 Å². The first-order valence-electron chi connectivity index (χ1n) is 7.30. The van der Waals surface area contributed by atoms with Gasteiger partial charge in [0.1, 0.15) is 0 Å². The lowest BCUT2D eigenvalue weighted by Gasteiger charge is -2.27. The number of para-hydroxylation sites is 1. The van der Waals surface area contributed by atoms with Gasteiger partial charge >= 0.3 is 0 Å². The number of anilines is 1. The topological polar surface area (TPSA) is 66.5 Å². The molecule has 0 aromatic heterocycles. The van der Waals surface area contributed by atoms with E-state index < -0.39 is 17.2 Å². The fourth-order valence-corrected chi connectivity index (χ4v) is 2.89. The third-order valence-corrected chi connectivity index (χ3v) is 3.93. The Labute approximate surface area is 129 Å². The molecule has 0 spiro atoms. The summed E-state index contributed by atoms with van der Waals surface area (Å²) < 4.78 is 0. The van der Waals surface area contributed by atoms with Gasteiger partial charge in [0.05, 0.1) is 11.3 Å². The van der Waals surface area contributed by atoms with E-state index in [9.17, 15) is 14.4 Å². The summed E-state index contributed by atoms with van der Waals surface area (Å²) in [5.74, 6) is -0.804. The van der Waals surface area contributed by atoms with Crippen molar-refractivity contribution < 1.29 is 14.4 Å². The van der Waals surface area contributed by atoms with Gasteiger partial charge in [-0.2, -0.15) is 0 Å². The lowest BCUT2D eigenvalue weighted by molar-refractivity contribution is -0.126. The first-order valence-corrected chi connectivity index (χ1v) is 7.30. The minimum Gasteiger partial charge on any atom is -0.311 e. The smallest absolute Gasteiger partial charge is 0.258 e. The van der Waals surface area contributed by atoms with Crippen LogP contribution in [0.4, 0.5) is 5.69 Å². The summed E-state index contributed by atoms with van der Waals surface area (Å²) in [6.45, 7) is 6.23. The van der Waals surface area contributed by atoms with E-state index in [-0.39, 0.29) is 5.91 Å². The standard InChI is InChI=1S/C17H18N2O3/c1-17(2,3)16(22)19-8-7-10-5-4-6-11(14(10)19)12-9-13(20)18-15(12)21/h4-6,9H,7-8H2,1-3H3,(H,18,20,21). The number of fused-ring (bicyclic) bond motifs is 1. The summed E-state index contributed by atoms with van der Waals surface area (Å²) in [6, 6.07) is 5.61. The van der Waals surface area contributed by atoms with Gasteiger partial charge in [-0.05, 0) is 12.0 Å². The predicted molar refractivity (Wildman–Crippen MR) is 83.1 cm³/mol. The van der Waals surface area contributed by atoms with Gasteiger partial charge in [-0.15, -0.1) is 0 Å². The van der Waals surface area contributed by atoms with Crippen LogP contribution < -0.4 is 10.2 Å². The Bertz CT molecular complexity index is 726. The Kier molecular flexibility index (Phi) is 3.16. The first kappa shape index (κ1) is 14.5. The van der Waals surface area contributed by atoms with Crippen LogP contribution in [0, 0.1) is 5.41 Å². The van der Waals surface area contributed by atoms with E-state index >= 15 is 0 Å². The molecule has 0 fully saturated rings. The Hall–Kier alpha value is -2.43. The number of carbonyl (C=O) groups excluding carboxylic acids is 3. The van der Waals surface area contributed by atoms with Crippen LogP contribution in [0.25, 0.3) is 5.57 Å². The lowest BCUT2D eigenvalue weighted by atomic mass is 9.93. The summed E-state index contributed by atoms with van der Waals surface area (Å²) in [4.78, 5) is 37.8. The van der Waals surface area contributed by atoms with E-state index in [0.29, 0.717) is 17.7 Å². The molecule has 3 amide bonds. The van der Waals surface area contributed by atoms with E-state index in [0.717, 1.165) is 17.7 Å². The second-order valence-electron chi connectivity index (χ2n) is 6.65. The molecule has 22 heavy (non-hydrogen) atoms. The van der Waals surface area contributed by atoms with Crippen molar-refractivity contribution in [1.29, 1.82) is 0 Å². The third-order valence-electron chi connectivity index (χ3n) is 3.93. The zero-order valence-electron chi connectivity index (χ0n) is 12.9. The van der Waals surface area contributed by atoms with E-state index in [1.165, 1.54) is 6.08 Å². The van der Waals surface area contributed by atoms with Gasteiger partial charge in [0.2, 0.25) is 5.91 Å². The molecule has 0 atom stereocenters. The van der Waals surface area contributed by atoms with E-state index in [4.69, 9.17) is 0 Å². The van der Waals surface area contributed by atoms with E-state index in [1.807, 2.05) is 32.9 Å². The minimum absolute atomic E-state index is 0.0176. The van der Waals surface area contributed by atoms with Gasteiger partial charge in [0.15, 0.2) is 0 Å². The van der Waals surface area contributed by atoms with Crippen LogP contribution in [0.15, 0.2) is 24.3 Å². The van der Waals surface area contributed by atoms with Gasteiger partial charge in [-0.1, -0.05) is 39.0 Å². The number of hydrogen-bond donors (Lipinski definition) is 1. The highest BCUT2D eigenvalue weighted by atomic mass is 16.2. The van der Waals surface area contributed by atoms with Crippen molar-refractivity contribution in [3.8, 4) is 0 Å². The zero-order chi connectivity index (χ0) is 16.1. The molecule has 0 saturated carbocycles. The number of amides is 3. The number of nitrogens with one attached hydrogen (secondary N) is 1. The normalized spacial score (nSPS) is 17.4. The molecule has 1 aromatic rings. The maximum absolute atomic E-state index is 12.7. The van der Waals surface area contributed by atoms with Crippen LogP contribution in [0.2, 0.25) is 0 Å². The second kappa shape index (κ2) is 4.80. The highest BCUT2D eigenvalue weighted by Gasteiger charge is 2.36. The highest BCUT2D eigenvalue weighted by Crippen LogP contribution is 2.38. The summed E-state index contributed by atoms with van der Waals surface area (Å²) in [7, 11) is 0. The maximum Gasteiger partial charge on any atom is 0.258 e. The Morgan fingerprint density at radius 1 is 1.23 bits per heavy atom. The predicted octanol–water partition coefficient (Wildman–Crippen LogP) is 1.66. The van der Waals surface area contributed by atoms with Crippen LogP contribution in [0.1, 0.15) is 31.9 Å². The summed E-state index contributed by atoms with van der Waals surface area (Å²) >= 11 is 0. The van der Waals surface area contributed by atoms with Gasteiger partial charge < -0.3 is 4.90 Å². The Balaban J connectivity index is 2.12. The molecular formula is C17H18N2O3. The SMILES string of the molecule is CC(C)(C)C(=O)N1CCc2cccc(C3=CC(=O)NC3=O)c21. The van der Waals surface area contributed by atoms with Gasteiger partial charge in [0, 0.05) is 23.6 Å². The van der Waals surface area contributed by atoms with Crippen molar-refractivity contribution in [2.45, 2.75) is 27.2 Å². The third kappa shape index (κ3) is 2.22. The molecule has 0 aliphatic carbocycles. The van der Waals surface area contributed by atoms with Crippen molar-refractivity contribution in [2.24, 2.45) is 5.41 Å². The Morgan fingerprint density at radius 3 is 2.55 bits per heavy atom. The number of benzene rings is 1. The van der Waals surface area contributed by atoms with E-state index in [1.54, 1.807) is 11.0 Å². The van der Waals surface area contributed by atoms with Crippen LogP contribution in [0.3, 0.4) is 0 Å². The molecular weight excluding hydrogens is 280 g/mol. The second-order valence-corrected chi connectivity index (χ2v) is 6.65. The quantitative estimate of drug-likeness (QED) is 0.802. The number of hydrogen-bond acceptors (Lipinski definition) is 3. The average Bonchev–Trinajstić information content (AvgIpc) is 2.99. The monoisotopic (exact) mass is 298 g/mol. The van der Waals surface area contributed by atoms with Crippen molar-refractivity contribution in [3.05, 3.63) is 35.4 Å². The molecule has 2 aliphatic heterocycles. The summed E-state index contributed by atoms with van der Waals surface area (Å²) in [5, 5.41) is 2.26. The molecule has 1 N–H and O–H groups in total. The van der Waals surface area contributed by atoms with Gasteiger partial charge in [0.25, 0.3) is 11.8 Å². The van der Waals surface area contributed by atoms with Crippen molar-refractivity contribution in [2.75, 3.05) is 11.4 Å². The van der Waals surface area contributed by atoms with Crippen molar-refractivity contribution in [1.82, 2.24) is 5.32 Å². The van der Waals surface area contributed by atoms with Gasteiger partial charge in [-0.3, -0.25) is 19.7 Å². The summed E-state index contributed by atoms with van der Waals surface area (Å²) in [5.41, 5.74) is 2.27. The molecule has 2 heterocycles. The number of carbonyl (C=O) groups is 3. The average molecular weight is 298 g/mol. The van der Waals surface area contributed by atoms with Crippen LogP contribution >= 0.6 is 0 Å². The molecule has 0 unspecified atom stereocenters.